The molecule has 1 aliphatic rings. The van der Waals surface area contributed by atoms with Crippen molar-refractivity contribution in [2.45, 2.75) is 77.6 Å². The fourth-order valence-electron chi connectivity index (χ4n) is 3.48. The maximum atomic E-state index is 4.74. The molecule has 1 heteroatoms. The highest BCUT2D eigenvalue weighted by atomic mass is 14.7. The molecule has 0 N–H and O–H groups in total. The summed E-state index contributed by atoms with van der Waals surface area (Å²) in [6.45, 7) is 4.38. The van der Waals surface area contributed by atoms with Gasteiger partial charge in [0.1, 0.15) is 0 Å². The van der Waals surface area contributed by atoms with Crippen molar-refractivity contribution in [3.05, 3.63) is 41.7 Å². The smallest absolute Gasteiger partial charge is 0.0434 e. The average Bonchev–Trinajstić information content (AvgIpc) is 2.54. The van der Waals surface area contributed by atoms with Gasteiger partial charge in [0, 0.05) is 17.8 Å². The summed E-state index contributed by atoms with van der Waals surface area (Å²) in [6.07, 6.45) is 18.4. The molecule has 0 spiro atoms. The van der Waals surface area contributed by atoms with E-state index in [1.165, 1.54) is 56.2 Å². The summed E-state index contributed by atoms with van der Waals surface area (Å²) in [5.41, 5.74) is 2.70. The van der Waals surface area contributed by atoms with E-state index in [9.17, 15) is 0 Å². The highest BCUT2D eigenvalue weighted by Gasteiger charge is 2.22. The third kappa shape index (κ3) is 5.30. The third-order valence-corrected chi connectivity index (χ3v) is 4.91. The van der Waals surface area contributed by atoms with E-state index in [2.05, 4.69) is 44.3 Å². The molecule has 0 aliphatic heterocycles. The molecule has 1 aliphatic carbocycles. The van der Waals surface area contributed by atoms with Crippen LogP contribution in [0.1, 0.15) is 82.4 Å². The molecule has 0 amide bonds. The second-order valence-electron chi connectivity index (χ2n) is 6.56. The molecule has 0 saturated heterocycles. The van der Waals surface area contributed by atoms with Gasteiger partial charge in [0.2, 0.25) is 0 Å². The zero-order chi connectivity index (χ0) is 14.9. The molecule has 1 saturated carbocycles. The van der Waals surface area contributed by atoms with Crippen LogP contribution in [-0.2, 0) is 6.42 Å². The van der Waals surface area contributed by atoms with E-state index in [4.69, 9.17) is 4.98 Å². The van der Waals surface area contributed by atoms with Gasteiger partial charge in [0.25, 0.3) is 0 Å². The first kappa shape index (κ1) is 16.3. The van der Waals surface area contributed by atoms with E-state index in [0.29, 0.717) is 5.92 Å². The van der Waals surface area contributed by atoms with Gasteiger partial charge in [-0.05, 0) is 63.0 Å². The Kier molecular flexibility index (Phi) is 6.99. The average molecular weight is 285 g/mol. The molecule has 1 aromatic rings. The molecule has 0 atom stereocenters. The fraction of sp³-hybridized carbons (Fsp3) is 0.650. The predicted octanol–water partition coefficient (Wildman–Crippen LogP) is 6.05. The van der Waals surface area contributed by atoms with E-state index in [1.807, 2.05) is 0 Å². The van der Waals surface area contributed by atoms with Crippen LogP contribution in [0, 0.1) is 5.92 Å². The maximum Gasteiger partial charge on any atom is 0.0434 e. The standard InChI is InChI=1S/C20H31N/c1-3-5-7-9-18-12-15-20(21-16-18)19-13-10-17(11-14-19)8-6-4-2/h3,5,12,15-17,19H,4,6-11,13-14H2,1-2H3/b5-3+. The van der Waals surface area contributed by atoms with Gasteiger partial charge in [-0.3, -0.25) is 4.98 Å². The van der Waals surface area contributed by atoms with Crippen molar-refractivity contribution in [2.75, 3.05) is 0 Å². The lowest BCUT2D eigenvalue weighted by atomic mass is 9.78. The molecule has 2 rings (SSSR count). The lowest BCUT2D eigenvalue weighted by Gasteiger charge is -2.28. The number of aryl methyl sites for hydroxylation is 1. The van der Waals surface area contributed by atoms with Crippen molar-refractivity contribution >= 4 is 0 Å². The first-order valence-corrected chi connectivity index (χ1v) is 8.89. The van der Waals surface area contributed by atoms with Crippen LogP contribution in [-0.4, -0.2) is 4.98 Å². The Morgan fingerprint density at radius 1 is 1.19 bits per heavy atom. The number of nitrogens with zero attached hydrogens (tertiary/aromatic N) is 1. The molecule has 116 valence electrons. The Labute approximate surface area is 130 Å². The molecule has 1 fully saturated rings. The third-order valence-electron chi connectivity index (χ3n) is 4.91. The molecule has 0 radical (unpaired) electrons. The zero-order valence-electron chi connectivity index (χ0n) is 13.9. The minimum atomic E-state index is 0.715. The van der Waals surface area contributed by atoms with Crippen LogP contribution in [0.25, 0.3) is 0 Å². The van der Waals surface area contributed by atoms with Gasteiger partial charge in [-0.2, -0.15) is 0 Å². The lowest BCUT2D eigenvalue weighted by molar-refractivity contribution is 0.301. The summed E-state index contributed by atoms with van der Waals surface area (Å²) in [5, 5.41) is 0. The van der Waals surface area contributed by atoms with Crippen molar-refractivity contribution in [3.63, 3.8) is 0 Å². The van der Waals surface area contributed by atoms with Crippen LogP contribution >= 0.6 is 0 Å². The molecular weight excluding hydrogens is 254 g/mol. The molecular formula is C20H31N. The van der Waals surface area contributed by atoms with E-state index in [0.717, 1.165) is 18.8 Å². The molecule has 1 nitrogen and oxygen atoms in total. The van der Waals surface area contributed by atoms with Crippen LogP contribution in [0.3, 0.4) is 0 Å². The van der Waals surface area contributed by atoms with Crippen LogP contribution in [0.15, 0.2) is 30.5 Å². The summed E-state index contributed by atoms with van der Waals surface area (Å²) in [5.74, 6) is 1.70. The lowest BCUT2D eigenvalue weighted by Crippen LogP contribution is -2.14. The second-order valence-corrected chi connectivity index (χ2v) is 6.56. The highest BCUT2D eigenvalue weighted by Crippen LogP contribution is 2.36. The molecule has 0 bridgehead atoms. The highest BCUT2D eigenvalue weighted by molar-refractivity contribution is 5.18. The van der Waals surface area contributed by atoms with Gasteiger partial charge >= 0.3 is 0 Å². The van der Waals surface area contributed by atoms with Crippen molar-refractivity contribution in [1.82, 2.24) is 4.98 Å². The summed E-state index contributed by atoms with van der Waals surface area (Å²) in [4.78, 5) is 4.74. The molecule has 1 heterocycles. The van der Waals surface area contributed by atoms with E-state index >= 15 is 0 Å². The first-order chi connectivity index (χ1) is 10.3. The van der Waals surface area contributed by atoms with Crippen molar-refractivity contribution in [1.29, 1.82) is 0 Å². The van der Waals surface area contributed by atoms with E-state index < -0.39 is 0 Å². The number of rotatable bonds is 7. The van der Waals surface area contributed by atoms with Gasteiger partial charge in [-0.1, -0.05) is 44.4 Å². The van der Waals surface area contributed by atoms with Gasteiger partial charge in [-0.15, -0.1) is 0 Å². The Bertz CT molecular complexity index is 410. The first-order valence-electron chi connectivity index (χ1n) is 8.89. The van der Waals surface area contributed by atoms with Gasteiger partial charge in [0.15, 0.2) is 0 Å². The largest absolute Gasteiger partial charge is 0.261 e. The van der Waals surface area contributed by atoms with Crippen molar-refractivity contribution < 1.29 is 0 Å². The quantitative estimate of drug-likeness (QED) is 0.555. The second kappa shape index (κ2) is 9.02. The Morgan fingerprint density at radius 3 is 2.62 bits per heavy atom. The van der Waals surface area contributed by atoms with Crippen LogP contribution in [0.5, 0.6) is 0 Å². The normalized spacial score (nSPS) is 22.8. The number of unbranched alkanes of at least 4 members (excludes halogenated alkanes) is 1. The van der Waals surface area contributed by atoms with Crippen LogP contribution < -0.4 is 0 Å². The van der Waals surface area contributed by atoms with Crippen LogP contribution in [0.4, 0.5) is 0 Å². The number of pyridine rings is 1. The molecule has 0 unspecified atom stereocenters. The summed E-state index contributed by atoms with van der Waals surface area (Å²) in [6, 6.07) is 4.57. The SMILES string of the molecule is C/C=C/CCc1ccc(C2CCC(CCCC)CC2)nc1. The number of aromatic nitrogens is 1. The maximum absolute atomic E-state index is 4.74. The van der Waals surface area contributed by atoms with Gasteiger partial charge < -0.3 is 0 Å². The molecule has 1 aromatic heterocycles. The zero-order valence-corrected chi connectivity index (χ0v) is 13.9. The van der Waals surface area contributed by atoms with Crippen molar-refractivity contribution in [2.24, 2.45) is 5.92 Å². The minimum absolute atomic E-state index is 0.715. The number of hydrogen-bond donors (Lipinski definition) is 0. The Balaban J connectivity index is 1.80. The van der Waals surface area contributed by atoms with E-state index in [-0.39, 0.29) is 0 Å². The summed E-state index contributed by atoms with van der Waals surface area (Å²) >= 11 is 0. The monoisotopic (exact) mass is 285 g/mol. The molecule has 21 heavy (non-hydrogen) atoms. The van der Waals surface area contributed by atoms with Gasteiger partial charge in [-0.25, -0.2) is 0 Å². The Hall–Kier alpha value is -1.11. The molecule has 0 aromatic carbocycles. The predicted molar refractivity (Wildman–Crippen MR) is 91.6 cm³/mol. The van der Waals surface area contributed by atoms with Gasteiger partial charge in [0.05, 0.1) is 0 Å². The van der Waals surface area contributed by atoms with Crippen molar-refractivity contribution in [3.8, 4) is 0 Å². The topological polar surface area (TPSA) is 12.9 Å². The summed E-state index contributed by atoms with van der Waals surface area (Å²) in [7, 11) is 0. The number of hydrogen-bond acceptors (Lipinski definition) is 1. The minimum Gasteiger partial charge on any atom is -0.261 e. The number of allylic oxidation sites excluding steroid dienone is 2. The van der Waals surface area contributed by atoms with E-state index in [1.54, 1.807) is 0 Å². The summed E-state index contributed by atoms with van der Waals surface area (Å²) < 4.78 is 0. The Morgan fingerprint density at radius 2 is 2.00 bits per heavy atom. The van der Waals surface area contributed by atoms with Crippen LogP contribution in [0.2, 0.25) is 0 Å². The fourth-order valence-corrected chi connectivity index (χ4v) is 3.48.